The highest BCUT2D eigenvalue weighted by Crippen LogP contribution is 2.35. The van der Waals surface area contributed by atoms with Gasteiger partial charge in [0.25, 0.3) is 16.7 Å². The largest absolute Gasteiger partial charge is 0.397 e. The first-order valence-electron chi connectivity index (χ1n) is 6.04. The van der Waals surface area contributed by atoms with Crippen LogP contribution in [0.4, 0.5) is 4.79 Å². The van der Waals surface area contributed by atoms with Crippen molar-refractivity contribution in [1.82, 2.24) is 10.6 Å². The second-order valence-electron chi connectivity index (χ2n) is 4.48. The number of imide groups is 1. The van der Waals surface area contributed by atoms with E-state index in [0.717, 1.165) is 0 Å². The summed E-state index contributed by atoms with van der Waals surface area (Å²) >= 11 is 0. The first kappa shape index (κ1) is 12.9. The van der Waals surface area contributed by atoms with E-state index in [0.29, 0.717) is 11.1 Å². The quantitative estimate of drug-likeness (QED) is 0.467. The van der Waals surface area contributed by atoms with Gasteiger partial charge in [-0.2, -0.15) is 0 Å². The van der Waals surface area contributed by atoms with Crippen LogP contribution >= 0.6 is 0 Å². The van der Waals surface area contributed by atoms with Crippen molar-refractivity contribution in [1.29, 1.82) is 0 Å². The van der Waals surface area contributed by atoms with E-state index in [1.54, 1.807) is 40.6 Å². The Balaban J connectivity index is 2.13. The Morgan fingerprint density at radius 3 is 2.50 bits per heavy atom. The fraction of sp³-hybridized carbons (Fsp3) is 0.143. The minimum atomic E-state index is -1.22. The van der Waals surface area contributed by atoms with E-state index >= 15 is 0 Å². The summed E-state index contributed by atoms with van der Waals surface area (Å²) < 4.78 is 0. The lowest BCUT2D eigenvalue weighted by Gasteiger charge is -2.26. The highest BCUT2D eigenvalue weighted by molar-refractivity contribution is 6.09. The SMILES string of the molecule is O=C1NC(=O)C(C2=C[Cl+]C([OH2+])C=C2)(c2ccccc2)N1. The number of carbonyl (C=O) groups is 2. The van der Waals surface area contributed by atoms with Crippen LogP contribution in [0.25, 0.3) is 0 Å². The van der Waals surface area contributed by atoms with Crippen molar-refractivity contribution < 1.29 is 25.5 Å². The molecular formula is C14H13ClN2O3+2. The number of hydrogen-bond donors (Lipinski definition) is 2. The average molecular weight is 293 g/mol. The Morgan fingerprint density at radius 1 is 1.20 bits per heavy atom. The molecule has 3 rings (SSSR count). The number of alkyl halides is 1. The van der Waals surface area contributed by atoms with Crippen molar-refractivity contribution in [2.75, 3.05) is 0 Å². The van der Waals surface area contributed by atoms with Gasteiger partial charge in [0.05, 0.1) is 11.6 Å². The molecule has 1 fully saturated rings. The van der Waals surface area contributed by atoms with Gasteiger partial charge in [-0.05, 0) is 11.6 Å². The second kappa shape index (κ2) is 4.77. The smallest absolute Gasteiger partial charge is 0.392 e. The van der Waals surface area contributed by atoms with Crippen LogP contribution in [-0.2, 0) is 10.3 Å². The van der Waals surface area contributed by atoms with Crippen molar-refractivity contribution >= 4 is 11.9 Å². The van der Waals surface area contributed by atoms with E-state index in [-0.39, 0.29) is 0 Å². The van der Waals surface area contributed by atoms with Gasteiger partial charge in [0.2, 0.25) is 5.54 Å². The fourth-order valence-corrected chi connectivity index (χ4v) is 2.99. The van der Waals surface area contributed by atoms with Gasteiger partial charge in [-0.3, -0.25) is 10.1 Å². The molecule has 6 heteroatoms. The highest BCUT2D eigenvalue weighted by Gasteiger charge is 2.52. The molecule has 4 N–H and O–H groups in total. The molecule has 2 heterocycles. The fourth-order valence-electron chi connectivity index (χ4n) is 2.33. The zero-order valence-electron chi connectivity index (χ0n) is 10.4. The number of rotatable bonds is 2. The van der Waals surface area contributed by atoms with Crippen molar-refractivity contribution in [2.24, 2.45) is 0 Å². The summed E-state index contributed by atoms with van der Waals surface area (Å²) in [6.07, 6.45) is 3.39. The van der Waals surface area contributed by atoms with Crippen LogP contribution in [0.1, 0.15) is 5.56 Å². The predicted octanol–water partition coefficient (Wildman–Crippen LogP) is 0.311. The number of carbonyl (C=O) groups excluding carboxylic acids is 2. The van der Waals surface area contributed by atoms with Crippen molar-refractivity contribution in [2.45, 2.75) is 11.1 Å². The number of benzene rings is 1. The van der Waals surface area contributed by atoms with E-state index < -0.39 is 23.0 Å². The molecule has 20 heavy (non-hydrogen) atoms. The number of halogens is 1. The van der Waals surface area contributed by atoms with Gasteiger partial charge in [0.1, 0.15) is 0 Å². The molecule has 3 amide bonds. The van der Waals surface area contributed by atoms with E-state index in [2.05, 4.69) is 10.6 Å². The van der Waals surface area contributed by atoms with Gasteiger partial charge >= 0.3 is 11.6 Å². The lowest BCUT2D eigenvalue weighted by molar-refractivity contribution is -0.655. The normalized spacial score (nSPS) is 28.9. The molecule has 2 aliphatic heterocycles. The first-order chi connectivity index (χ1) is 9.63. The molecule has 0 spiro atoms. The van der Waals surface area contributed by atoms with Gasteiger partial charge in [-0.15, -0.1) is 0 Å². The van der Waals surface area contributed by atoms with Crippen LogP contribution in [-0.4, -0.2) is 22.6 Å². The van der Waals surface area contributed by atoms with Gasteiger partial charge in [-0.1, -0.05) is 30.3 Å². The third-order valence-corrected chi connectivity index (χ3v) is 4.05. The van der Waals surface area contributed by atoms with Crippen LogP contribution in [0.5, 0.6) is 0 Å². The van der Waals surface area contributed by atoms with Crippen LogP contribution in [0, 0.1) is 10.8 Å². The first-order valence-corrected chi connectivity index (χ1v) is 6.91. The minimum Gasteiger partial charge on any atom is -0.392 e. The van der Waals surface area contributed by atoms with Gasteiger partial charge in [0, 0.05) is 0 Å². The molecule has 0 bridgehead atoms. The molecule has 0 saturated carbocycles. The molecular weight excluding hydrogens is 280 g/mol. The number of hydrogen-bond acceptors (Lipinski definition) is 2. The maximum absolute atomic E-state index is 12.4. The topological polar surface area (TPSA) is 81.1 Å². The van der Waals surface area contributed by atoms with Crippen molar-refractivity contribution in [3.63, 3.8) is 0 Å². The second-order valence-corrected chi connectivity index (χ2v) is 5.42. The third kappa shape index (κ3) is 1.92. The molecule has 5 nitrogen and oxygen atoms in total. The molecule has 1 aromatic rings. The van der Waals surface area contributed by atoms with E-state index in [1.807, 2.05) is 18.2 Å². The summed E-state index contributed by atoms with van der Waals surface area (Å²) in [5.74, 6) is -0.404. The van der Waals surface area contributed by atoms with Gasteiger partial charge < -0.3 is 10.4 Å². The van der Waals surface area contributed by atoms with E-state index in [1.165, 1.54) is 0 Å². The van der Waals surface area contributed by atoms with Crippen LogP contribution in [0.3, 0.4) is 0 Å². The monoisotopic (exact) mass is 292 g/mol. The minimum absolute atomic E-state index is 0.404. The summed E-state index contributed by atoms with van der Waals surface area (Å²) in [5.41, 5.74) is 1.38. The lowest BCUT2D eigenvalue weighted by atomic mass is 9.83. The zero-order chi connectivity index (χ0) is 14.2. The van der Waals surface area contributed by atoms with E-state index in [9.17, 15) is 9.59 Å². The highest BCUT2D eigenvalue weighted by atomic mass is 35.5. The van der Waals surface area contributed by atoms with Crippen molar-refractivity contribution in [3.8, 4) is 0 Å². The maximum atomic E-state index is 12.4. The Morgan fingerprint density at radius 2 is 1.95 bits per heavy atom. The molecule has 0 aromatic heterocycles. The van der Waals surface area contributed by atoms with Crippen LogP contribution in [0.15, 0.2) is 53.6 Å². The van der Waals surface area contributed by atoms with Crippen molar-refractivity contribution in [3.05, 3.63) is 59.2 Å². The van der Waals surface area contributed by atoms with E-state index in [4.69, 9.17) is 5.11 Å². The van der Waals surface area contributed by atoms with Crippen LogP contribution in [0.2, 0.25) is 0 Å². The Labute approximate surface area is 119 Å². The molecule has 1 saturated heterocycles. The summed E-state index contributed by atoms with van der Waals surface area (Å²) in [4.78, 5) is 24.0. The Bertz CT molecular complexity index is 627. The number of amides is 3. The predicted molar refractivity (Wildman–Crippen MR) is 69.4 cm³/mol. The van der Waals surface area contributed by atoms with Gasteiger partial charge in [-0.25, -0.2) is 4.79 Å². The molecule has 2 unspecified atom stereocenters. The molecule has 102 valence electrons. The maximum Gasteiger partial charge on any atom is 0.397 e. The number of urea groups is 1. The third-order valence-electron chi connectivity index (χ3n) is 3.27. The Kier molecular flexibility index (Phi) is 3.08. The summed E-state index contributed by atoms with van der Waals surface area (Å²) in [5, 5.41) is 12.6. The summed E-state index contributed by atoms with van der Waals surface area (Å²) in [6, 6.07) is 8.56. The van der Waals surface area contributed by atoms with Gasteiger partial charge in [0.15, 0.2) is 5.54 Å². The summed E-state index contributed by atoms with van der Waals surface area (Å²) in [6.45, 7) is 0. The molecule has 0 radical (unpaired) electrons. The van der Waals surface area contributed by atoms with Crippen LogP contribution < -0.4 is 10.6 Å². The average Bonchev–Trinajstić information content (AvgIpc) is 2.76. The molecule has 1 aromatic carbocycles. The molecule has 2 aliphatic rings. The number of nitrogens with one attached hydrogen (secondary N) is 2. The lowest BCUT2D eigenvalue weighted by Crippen LogP contribution is -2.45. The molecule has 2 atom stereocenters. The summed E-state index contributed by atoms with van der Waals surface area (Å²) in [7, 11) is 1.81. The standard InChI is InChI=1S/C14H11ClN2O3/c18-11-7-6-10(8-15-11)14(9-4-2-1-3-5-9)12(19)16-13(20)17-14/h1-8,11,18H,(H-,16,17,19,20)/p+2. The molecule has 0 aliphatic carbocycles. The Hall–Kier alpha value is -2.11. The zero-order valence-corrected chi connectivity index (χ0v) is 11.1.